The number of nitro benzene ring substituents is 1. The van der Waals surface area contributed by atoms with Gasteiger partial charge in [-0.3, -0.25) is 10.1 Å². The second-order valence-electron chi connectivity index (χ2n) is 4.92. The second kappa shape index (κ2) is 5.44. The van der Waals surface area contributed by atoms with Crippen LogP contribution < -0.4 is 10.6 Å². The first-order valence-corrected chi connectivity index (χ1v) is 6.53. The Balaban J connectivity index is 2.18. The third-order valence-corrected chi connectivity index (χ3v) is 3.48. The van der Waals surface area contributed by atoms with Crippen molar-refractivity contribution in [3.05, 3.63) is 28.3 Å². The van der Waals surface area contributed by atoms with E-state index in [2.05, 4.69) is 10.6 Å². The van der Waals surface area contributed by atoms with Gasteiger partial charge in [0.15, 0.2) is 0 Å². The monoisotopic (exact) mass is 265 g/mol. The van der Waals surface area contributed by atoms with Gasteiger partial charge in [-0.2, -0.15) is 0 Å². The van der Waals surface area contributed by atoms with Crippen LogP contribution in [0.3, 0.4) is 0 Å². The molecule has 0 heterocycles. The molecular weight excluding hydrogens is 246 g/mol. The van der Waals surface area contributed by atoms with E-state index in [1.807, 2.05) is 6.92 Å². The highest BCUT2D eigenvalue weighted by Gasteiger charge is 2.34. The maximum atomic E-state index is 11.2. The van der Waals surface area contributed by atoms with Crippen molar-refractivity contribution in [2.24, 2.45) is 0 Å². The lowest BCUT2D eigenvalue weighted by Crippen LogP contribution is -2.43. The Bertz CT molecular complexity index is 472. The van der Waals surface area contributed by atoms with Crippen LogP contribution in [-0.4, -0.2) is 28.7 Å². The van der Waals surface area contributed by atoms with Gasteiger partial charge in [-0.15, -0.1) is 0 Å². The summed E-state index contributed by atoms with van der Waals surface area (Å²) in [6, 6.07) is 5.12. The first-order chi connectivity index (χ1) is 9.06. The molecule has 3 N–H and O–H groups in total. The number of anilines is 2. The SMILES string of the molecule is CCNc1cccc(NCC2(O)CCC2)c1[N+](=O)[O-]. The highest BCUT2D eigenvalue weighted by molar-refractivity contribution is 5.76. The maximum Gasteiger partial charge on any atom is 0.315 e. The van der Waals surface area contributed by atoms with Crippen molar-refractivity contribution >= 4 is 17.1 Å². The van der Waals surface area contributed by atoms with Crippen molar-refractivity contribution < 1.29 is 10.0 Å². The molecule has 0 spiro atoms. The highest BCUT2D eigenvalue weighted by Crippen LogP contribution is 2.35. The van der Waals surface area contributed by atoms with Crippen LogP contribution >= 0.6 is 0 Å². The van der Waals surface area contributed by atoms with Crippen LogP contribution in [0.4, 0.5) is 17.1 Å². The average molecular weight is 265 g/mol. The van der Waals surface area contributed by atoms with E-state index < -0.39 is 10.5 Å². The lowest BCUT2D eigenvalue weighted by molar-refractivity contribution is -0.383. The van der Waals surface area contributed by atoms with Crippen molar-refractivity contribution in [2.45, 2.75) is 31.8 Å². The highest BCUT2D eigenvalue weighted by atomic mass is 16.6. The molecule has 1 aromatic rings. The van der Waals surface area contributed by atoms with Gasteiger partial charge < -0.3 is 15.7 Å². The first kappa shape index (κ1) is 13.6. The lowest BCUT2D eigenvalue weighted by atomic mass is 9.80. The number of nitrogens with zero attached hydrogens (tertiary/aromatic N) is 1. The number of para-hydroxylation sites is 1. The summed E-state index contributed by atoms with van der Waals surface area (Å²) in [7, 11) is 0. The zero-order valence-electron chi connectivity index (χ0n) is 11.0. The predicted molar refractivity (Wildman–Crippen MR) is 74.6 cm³/mol. The number of nitro groups is 1. The molecule has 1 aromatic carbocycles. The molecule has 0 saturated heterocycles. The molecular formula is C13H19N3O3. The molecule has 2 rings (SSSR count). The van der Waals surface area contributed by atoms with E-state index >= 15 is 0 Å². The average Bonchev–Trinajstić information content (AvgIpc) is 2.34. The molecule has 1 saturated carbocycles. The fraction of sp³-hybridized carbons (Fsp3) is 0.538. The number of benzene rings is 1. The summed E-state index contributed by atoms with van der Waals surface area (Å²) in [5.74, 6) is 0. The summed E-state index contributed by atoms with van der Waals surface area (Å²) in [5, 5.41) is 27.2. The second-order valence-corrected chi connectivity index (χ2v) is 4.92. The standard InChI is InChI=1S/C13H19N3O3/c1-2-14-10-5-3-6-11(12(10)16(18)19)15-9-13(17)7-4-8-13/h3,5-6,14-15,17H,2,4,7-9H2,1H3. The van der Waals surface area contributed by atoms with E-state index in [0.717, 1.165) is 19.3 Å². The first-order valence-electron chi connectivity index (χ1n) is 6.53. The van der Waals surface area contributed by atoms with E-state index in [4.69, 9.17) is 0 Å². The molecule has 0 radical (unpaired) electrons. The van der Waals surface area contributed by atoms with Crippen molar-refractivity contribution in [1.82, 2.24) is 0 Å². The summed E-state index contributed by atoms with van der Waals surface area (Å²) in [6.45, 7) is 2.86. The number of aliphatic hydroxyl groups is 1. The zero-order valence-corrected chi connectivity index (χ0v) is 11.0. The Morgan fingerprint density at radius 2 is 2.00 bits per heavy atom. The van der Waals surface area contributed by atoms with E-state index in [-0.39, 0.29) is 5.69 Å². The Kier molecular flexibility index (Phi) is 3.90. The van der Waals surface area contributed by atoms with Crippen LogP contribution in [0, 0.1) is 10.1 Å². The van der Waals surface area contributed by atoms with Crippen LogP contribution in [-0.2, 0) is 0 Å². The predicted octanol–water partition coefficient (Wildman–Crippen LogP) is 2.35. The molecule has 0 aromatic heterocycles. The summed E-state index contributed by atoms with van der Waals surface area (Å²) in [6.07, 6.45) is 2.51. The normalized spacial score (nSPS) is 16.5. The Morgan fingerprint density at radius 1 is 1.37 bits per heavy atom. The van der Waals surface area contributed by atoms with E-state index in [9.17, 15) is 15.2 Å². The molecule has 6 nitrogen and oxygen atoms in total. The van der Waals surface area contributed by atoms with Gasteiger partial charge in [-0.25, -0.2) is 0 Å². The summed E-state index contributed by atoms with van der Waals surface area (Å²) >= 11 is 0. The summed E-state index contributed by atoms with van der Waals surface area (Å²) in [4.78, 5) is 10.8. The molecule has 0 aliphatic heterocycles. The topological polar surface area (TPSA) is 87.4 Å². The minimum atomic E-state index is -0.706. The van der Waals surface area contributed by atoms with Crippen molar-refractivity contribution in [1.29, 1.82) is 0 Å². The van der Waals surface area contributed by atoms with Crippen LogP contribution in [0.15, 0.2) is 18.2 Å². The Labute approximate surface area is 112 Å². The number of rotatable bonds is 6. The molecule has 1 fully saturated rings. The fourth-order valence-corrected chi connectivity index (χ4v) is 2.24. The van der Waals surface area contributed by atoms with Gasteiger partial charge in [0.25, 0.3) is 0 Å². The molecule has 0 unspecified atom stereocenters. The minimum absolute atomic E-state index is 0.0345. The number of hydrogen-bond acceptors (Lipinski definition) is 5. The van der Waals surface area contributed by atoms with Crippen molar-refractivity contribution in [3.63, 3.8) is 0 Å². The van der Waals surface area contributed by atoms with Crippen LogP contribution in [0.1, 0.15) is 26.2 Å². The molecule has 19 heavy (non-hydrogen) atoms. The molecule has 104 valence electrons. The smallest absolute Gasteiger partial charge is 0.315 e. The van der Waals surface area contributed by atoms with Gasteiger partial charge in [-0.05, 0) is 38.3 Å². The Morgan fingerprint density at radius 3 is 2.47 bits per heavy atom. The largest absolute Gasteiger partial charge is 0.388 e. The van der Waals surface area contributed by atoms with Gasteiger partial charge in [0.1, 0.15) is 11.4 Å². The molecule has 0 amide bonds. The zero-order chi connectivity index (χ0) is 13.9. The quantitative estimate of drug-likeness (QED) is 0.543. The van der Waals surface area contributed by atoms with Gasteiger partial charge >= 0.3 is 5.69 Å². The summed E-state index contributed by atoms with van der Waals surface area (Å²) in [5.41, 5.74) is 0.274. The summed E-state index contributed by atoms with van der Waals surface area (Å²) < 4.78 is 0. The van der Waals surface area contributed by atoms with E-state index in [0.29, 0.717) is 24.5 Å². The van der Waals surface area contributed by atoms with Gasteiger partial charge in [-0.1, -0.05) is 6.07 Å². The molecule has 1 aliphatic carbocycles. The maximum absolute atomic E-state index is 11.2. The Hall–Kier alpha value is -1.82. The minimum Gasteiger partial charge on any atom is -0.388 e. The lowest BCUT2D eigenvalue weighted by Gasteiger charge is -2.36. The van der Waals surface area contributed by atoms with Gasteiger partial charge in [0.2, 0.25) is 0 Å². The third-order valence-electron chi connectivity index (χ3n) is 3.48. The fourth-order valence-electron chi connectivity index (χ4n) is 2.24. The molecule has 0 bridgehead atoms. The van der Waals surface area contributed by atoms with Crippen LogP contribution in [0.5, 0.6) is 0 Å². The van der Waals surface area contributed by atoms with E-state index in [1.165, 1.54) is 0 Å². The van der Waals surface area contributed by atoms with Gasteiger partial charge in [0, 0.05) is 13.1 Å². The molecule has 1 aliphatic rings. The molecule has 0 atom stereocenters. The van der Waals surface area contributed by atoms with Crippen molar-refractivity contribution in [3.8, 4) is 0 Å². The molecule has 6 heteroatoms. The van der Waals surface area contributed by atoms with Crippen LogP contribution in [0.2, 0.25) is 0 Å². The van der Waals surface area contributed by atoms with Crippen molar-refractivity contribution in [2.75, 3.05) is 23.7 Å². The van der Waals surface area contributed by atoms with Crippen LogP contribution in [0.25, 0.3) is 0 Å². The number of hydrogen-bond donors (Lipinski definition) is 3. The third kappa shape index (κ3) is 2.96. The van der Waals surface area contributed by atoms with Gasteiger partial charge in [0.05, 0.1) is 10.5 Å². The number of nitrogens with one attached hydrogen (secondary N) is 2. The van der Waals surface area contributed by atoms with E-state index in [1.54, 1.807) is 18.2 Å².